The molecule has 38 heavy (non-hydrogen) atoms. The van der Waals surface area contributed by atoms with Crippen LogP contribution < -0.4 is 16.1 Å². The van der Waals surface area contributed by atoms with Crippen molar-refractivity contribution in [3.05, 3.63) is 79.3 Å². The number of carbonyl (C=O) groups excluding carboxylic acids is 1. The molecule has 3 aliphatic rings. The Morgan fingerprint density at radius 2 is 1.92 bits per heavy atom. The van der Waals surface area contributed by atoms with Gasteiger partial charge in [-0.05, 0) is 54.4 Å². The van der Waals surface area contributed by atoms with Crippen molar-refractivity contribution in [2.75, 3.05) is 11.4 Å². The minimum Gasteiger partial charge on any atom is -0.313 e. The predicted molar refractivity (Wildman–Crippen MR) is 131 cm³/mol. The number of benzene rings is 1. The van der Waals surface area contributed by atoms with Crippen LogP contribution in [0.2, 0.25) is 5.15 Å². The minimum absolute atomic E-state index is 0.0396. The van der Waals surface area contributed by atoms with Crippen LogP contribution in [0.3, 0.4) is 0 Å². The van der Waals surface area contributed by atoms with E-state index in [1.165, 1.54) is 16.9 Å². The molecular formula is C25H18ClF3N6O3. The molecule has 0 bridgehead atoms. The van der Waals surface area contributed by atoms with Gasteiger partial charge in [-0.25, -0.2) is 14.3 Å². The van der Waals surface area contributed by atoms with Gasteiger partial charge in [-0.1, -0.05) is 23.7 Å². The number of rotatable bonds is 4. The summed E-state index contributed by atoms with van der Waals surface area (Å²) in [5, 5.41) is 4.65. The van der Waals surface area contributed by atoms with E-state index in [4.69, 9.17) is 11.6 Å². The van der Waals surface area contributed by atoms with Gasteiger partial charge in [0.1, 0.15) is 6.54 Å². The maximum atomic E-state index is 13.3. The van der Waals surface area contributed by atoms with Gasteiger partial charge in [0, 0.05) is 17.4 Å². The number of anilines is 1. The Morgan fingerprint density at radius 3 is 2.63 bits per heavy atom. The third-order valence-electron chi connectivity index (χ3n) is 7.74. The van der Waals surface area contributed by atoms with Crippen molar-refractivity contribution in [3.63, 3.8) is 0 Å². The molecule has 1 amide bonds. The van der Waals surface area contributed by atoms with E-state index in [0.29, 0.717) is 36.2 Å². The number of hydrogen-bond donors (Lipinski definition) is 2. The Morgan fingerprint density at radius 1 is 1.13 bits per heavy atom. The molecule has 4 aromatic rings. The summed E-state index contributed by atoms with van der Waals surface area (Å²) in [7, 11) is 0. The SMILES string of the molecule is O=C1N(CC(F)(F)F)c2cc([C@H]3C[C@@H]3c3cc(-c4c[nH]c(=O)[nH]c4=O)nn4c(Cl)cnc34)ccc2C12CC2. The van der Waals surface area contributed by atoms with Crippen LogP contribution in [0, 0.1) is 0 Å². The van der Waals surface area contributed by atoms with Crippen LogP contribution >= 0.6 is 11.6 Å². The zero-order valence-electron chi connectivity index (χ0n) is 19.5. The zero-order chi connectivity index (χ0) is 26.6. The Balaban J connectivity index is 1.28. The number of hydrogen-bond acceptors (Lipinski definition) is 5. The summed E-state index contributed by atoms with van der Waals surface area (Å²) in [6.07, 6.45) is 0.0000678. The first kappa shape index (κ1) is 23.2. The molecule has 1 aromatic carbocycles. The summed E-state index contributed by atoms with van der Waals surface area (Å²) in [6, 6.07) is 7.11. The molecule has 13 heteroatoms. The highest BCUT2D eigenvalue weighted by atomic mass is 35.5. The van der Waals surface area contributed by atoms with E-state index < -0.39 is 35.3 Å². The van der Waals surface area contributed by atoms with E-state index in [0.717, 1.165) is 16.0 Å². The summed E-state index contributed by atoms with van der Waals surface area (Å²) >= 11 is 6.29. The number of amides is 1. The maximum absolute atomic E-state index is 13.3. The second kappa shape index (κ2) is 7.56. The second-order valence-electron chi connectivity index (χ2n) is 10.1. The van der Waals surface area contributed by atoms with Gasteiger partial charge >= 0.3 is 11.9 Å². The van der Waals surface area contributed by atoms with Crippen LogP contribution in [0.15, 0.2) is 46.2 Å². The Kier molecular flexibility index (Phi) is 4.62. The molecule has 1 spiro atoms. The summed E-state index contributed by atoms with van der Waals surface area (Å²) in [4.78, 5) is 46.7. The first-order valence-corrected chi connectivity index (χ1v) is 12.3. The summed E-state index contributed by atoms with van der Waals surface area (Å²) in [6.45, 7) is -1.31. The Labute approximate surface area is 216 Å². The maximum Gasteiger partial charge on any atom is 0.406 e. The van der Waals surface area contributed by atoms with Crippen molar-refractivity contribution in [1.29, 1.82) is 0 Å². The zero-order valence-corrected chi connectivity index (χ0v) is 20.2. The van der Waals surface area contributed by atoms with Crippen molar-refractivity contribution in [2.45, 2.75) is 42.7 Å². The fraction of sp³-hybridized carbons (Fsp3) is 0.320. The van der Waals surface area contributed by atoms with Crippen LogP contribution in [0.1, 0.15) is 47.8 Å². The lowest BCUT2D eigenvalue weighted by Gasteiger charge is -2.20. The number of halogens is 4. The molecule has 3 aromatic heterocycles. The molecule has 2 fully saturated rings. The van der Waals surface area contributed by atoms with E-state index >= 15 is 0 Å². The smallest absolute Gasteiger partial charge is 0.313 e. The van der Waals surface area contributed by atoms with Gasteiger partial charge in [-0.2, -0.15) is 18.3 Å². The molecule has 194 valence electrons. The van der Waals surface area contributed by atoms with Gasteiger partial charge in [0.15, 0.2) is 10.8 Å². The molecular weight excluding hydrogens is 525 g/mol. The number of aromatic nitrogens is 5. The summed E-state index contributed by atoms with van der Waals surface area (Å²) < 4.78 is 41.4. The van der Waals surface area contributed by atoms with Gasteiger partial charge in [0.05, 0.1) is 22.9 Å². The van der Waals surface area contributed by atoms with E-state index in [-0.39, 0.29) is 28.2 Å². The Bertz CT molecular complexity index is 1790. The first-order chi connectivity index (χ1) is 18.1. The lowest BCUT2D eigenvalue weighted by molar-refractivity contribution is -0.132. The third-order valence-corrected chi connectivity index (χ3v) is 8.00. The lowest BCUT2D eigenvalue weighted by atomic mass is 9.95. The average molecular weight is 543 g/mol. The van der Waals surface area contributed by atoms with Gasteiger partial charge in [0.25, 0.3) is 5.56 Å². The van der Waals surface area contributed by atoms with Crippen molar-refractivity contribution in [2.24, 2.45) is 0 Å². The monoisotopic (exact) mass is 542 g/mol. The highest BCUT2D eigenvalue weighted by Crippen LogP contribution is 2.60. The van der Waals surface area contributed by atoms with Gasteiger partial charge in [0.2, 0.25) is 5.91 Å². The Hall–Kier alpha value is -3.93. The molecule has 0 radical (unpaired) electrons. The van der Waals surface area contributed by atoms with E-state index in [9.17, 15) is 27.6 Å². The summed E-state index contributed by atoms with van der Waals surface area (Å²) in [5.41, 5.74) is 1.43. The normalized spacial score (nSPS) is 21.4. The molecule has 9 nitrogen and oxygen atoms in total. The summed E-state index contributed by atoms with van der Waals surface area (Å²) in [5.74, 6) is -0.587. The van der Waals surface area contributed by atoms with Crippen LogP contribution in [0.25, 0.3) is 16.9 Å². The number of nitrogens with one attached hydrogen (secondary N) is 2. The number of alkyl halides is 3. The minimum atomic E-state index is -4.51. The third kappa shape index (κ3) is 3.43. The van der Waals surface area contributed by atoms with Crippen molar-refractivity contribution in [3.8, 4) is 11.3 Å². The van der Waals surface area contributed by atoms with E-state index in [1.807, 2.05) is 6.07 Å². The topological polar surface area (TPSA) is 116 Å². The van der Waals surface area contributed by atoms with Crippen molar-refractivity contribution < 1.29 is 18.0 Å². The molecule has 1 aliphatic heterocycles. The molecule has 0 unspecified atom stereocenters. The van der Waals surface area contributed by atoms with Gasteiger partial charge < -0.3 is 9.88 Å². The number of nitrogens with zero attached hydrogens (tertiary/aromatic N) is 4. The number of H-pyrrole nitrogens is 2. The van der Waals surface area contributed by atoms with Crippen LogP contribution in [0.4, 0.5) is 18.9 Å². The predicted octanol–water partition coefficient (Wildman–Crippen LogP) is 3.64. The molecule has 7 rings (SSSR count). The fourth-order valence-corrected chi connectivity index (χ4v) is 5.88. The van der Waals surface area contributed by atoms with E-state index in [1.54, 1.807) is 18.2 Å². The fourth-order valence-electron chi connectivity index (χ4n) is 5.71. The quantitative estimate of drug-likeness (QED) is 0.408. The molecule has 2 saturated carbocycles. The second-order valence-corrected chi connectivity index (χ2v) is 10.5. The van der Waals surface area contributed by atoms with Crippen LogP contribution in [0.5, 0.6) is 0 Å². The van der Waals surface area contributed by atoms with Crippen LogP contribution in [-0.4, -0.2) is 43.2 Å². The van der Waals surface area contributed by atoms with Gasteiger partial charge in [-0.3, -0.25) is 14.6 Å². The molecule has 2 atom stereocenters. The number of imidazole rings is 1. The largest absolute Gasteiger partial charge is 0.406 e. The van der Waals surface area contributed by atoms with E-state index in [2.05, 4.69) is 20.1 Å². The number of fused-ring (bicyclic) bond motifs is 3. The molecule has 4 heterocycles. The highest BCUT2D eigenvalue weighted by Gasteiger charge is 2.60. The number of aromatic amines is 2. The van der Waals surface area contributed by atoms with Gasteiger partial charge in [-0.15, -0.1) is 0 Å². The van der Waals surface area contributed by atoms with Crippen LogP contribution in [-0.2, 0) is 10.2 Å². The lowest BCUT2D eigenvalue weighted by Crippen LogP contribution is -2.39. The number of carbonyl (C=O) groups is 1. The molecule has 0 saturated heterocycles. The standard InChI is InChI=1S/C25H18ClF3N6O3/c26-19-9-30-20-14(7-17(33-35(19)20)15-8-31-23(38)32-21(15)36)13-6-12(13)11-1-2-16-18(5-11)34(10-25(27,28)29)22(37)24(16)3-4-24/h1-2,5,7-9,12-13H,3-4,6,10H2,(H2,31,32,36,38)/t12-,13+/m1/s1. The highest BCUT2D eigenvalue weighted by molar-refractivity contribution is 6.29. The van der Waals surface area contributed by atoms with Crippen molar-refractivity contribution >= 4 is 28.8 Å². The molecule has 2 aliphatic carbocycles. The first-order valence-electron chi connectivity index (χ1n) is 12.0. The average Bonchev–Trinajstić information content (AvgIpc) is 3.77. The molecule has 2 N–H and O–H groups in total. The van der Waals surface area contributed by atoms with Crippen molar-refractivity contribution in [1.82, 2.24) is 24.6 Å².